The Balaban J connectivity index is 1.72. The lowest BCUT2D eigenvalue weighted by atomic mass is 9.93. The molecule has 1 aliphatic carbocycles. The quantitative estimate of drug-likeness (QED) is 0.500. The number of β-amino-alcohol motifs (C(OH)–C–C–N with tert-alkyl or cyclic N) is 1. The van der Waals surface area contributed by atoms with Crippen LogP contribution in [0.3, 0.4) is 0 Å². The van der Waals surface area contributed by atoms with E-state index in [1.165, 1.54) is 0 Å². The van der Waals surface area contributed by atoms with E-state index in [0.717, 1.165) is 19.3 Å². The molecule has 7 heteroatoms. The second-order valence-electron chi connectivity index (χ2n) is 8.24. The molecule has 0 heterocycles. The van der Waals surface area contributed by atoms with Crippen molar-refractivity contribution >= 4 is 11.7 Å². The summed E-state index contributed by atoms with van der Waals surface area (Å²) >= 11 is 0. The predicted molar refractivity (Wildman–Crippen MR) is 106 cm³/mol. The first-order chi connectivity index (χ1) is 12.7. The van der Waals surface area contributed by atoms with Gasteiger partial charge in [0.25, 0.3) is 0 Å². The first kappa shape index (κ1) is 21.5. The molecule has 0 aliphatic heterocycles. The van der Waals surface area contributed by atoms with Crippen molar-refractivity contribution in [2.75, 3.05) is 18.5 Å². The maximum Gasteiger partial charge on any atom is 0.319 e. The fourth-order valence-corrected chi connectivity index (χ4v) is 2.96. The van der Waals surface area contributed by atoms with Crippen molar-refractivity contribution < 1.29 is 19.7 Å². The molecule has 2 rings (SSSR count). The maximum atomic E-state index is 12.1. The van der Waals surface area contributed by atoms with Gasteiger partial charge in [0.05, 0.1) is 6.10 Å². The van der Waals surface area contributed by atoms with Gasteiger partial charge in [0.2, 0.25) is 0 Å². The Bertz CT molecular complexity index is 586. The van der Waals surface area contributed by atoms with Crippen molar-refractivity contribution in [3.63, 3.8) is 0 Å². The molecule has 5 N–H and O–H groups in total. The number of benzene rings is 1. The summed E-state index contributed by atoms with van der Waals surface area (Å²) in [6, 6.07) is 6.76. The molecule has 152 valence electrons. The van der Waals surface area contributed by atoms with E-state index < -0.39 is 6.10 Å². The summed E-state index contributed by atoms with van der Waals surface area (Å²) in [6.07, 6.45) is 2.31. The molecule has 0 bridgehead atoms. The lowest BCUT2D eigenvalue weighted by Crippen LogP contribution is -2.42. The number of rotatable bonds is 7. The number of carbonyl (C=O) groups is 1. The van der Waals surface area contributed by atoms with Gasteiger partial charge >= 0.3 is 6.03 Å². The van der Waals surface area contributed by atoms with E-state index in [-0.39, 0.29) is 30.3 Å². The van der Waals surface area contributed by atoms with Crippen molar-refractivity contribution in [1.29, 1.82) is 0 Å². The second-order valence-corrected chi connectivity index (χ2v) is 8.24. The van der Waals surface area contributed by atoms with Crippen LogP contribution >= 0.6 is 0 Å². The Kier molecular flexibility index (Phi) is 7.89. The van der Waals surface area contributed by atoms with Crippen LogP contribution in [0.5, 0.6) is 5.75 Å². The van der Waals surface area contributed by atoms with Gasteiger partial charge < -0.3 is 30.9 Å². The van der Waals surface area contributed by atoms with Gasteiger partial charge in [-0.25, -0.2) is 4.79 Å². The van der Waals surface area contributed by atoms with Crippen LogP contribution in [0.2, 0.25) is 0 Å². The zero-order valence-electron chi connectivity index (χ0n) is 16.5. The molecule has 0 spiro atoms. The van der Waals surface area contributed by atoms with Gasteiger partial charge in [-0.2, -0.15) is 0 Å². The van der Waals surface area contributed by atoms with Gasteiger partial charge in [0.1, 0.15) is 18.5 Å². The normalized spacial score (nSPS) is 21.4. The van der Waals surface area contributed by atoms with Crippen LogP contribution in [-0.2, 0) is 0 Å². The molecule has 3 atom stereocenters. The predicted octanol–water partition coefficient (Wildman–Crippen LogP) is 2.24. The number of carbonyl (C=O) groups excluding carboxylic acids is 1. The van der Waals surface area contributed by atoms with Gasteiger partial charge in [-0.15, -0.1) is 0 Å². The van der Waals surface area contributed by atoms with Crippen molar-refractivity contribution in [1.82, 2.24) is 10.6 Å². The fourth-order valence-electron chi connectivity index (χ4n) is 2.96. The zero-order valence-corrected chi connectivity index (χ0v) is 16.5. The summed E-state index contributed by atoms with van der Waals surface area (Å²) in [6.45, 7) is 6.77. The Labute approximate surface area is 161 Å². The molecule has 1 aromatic rings. The number of aliphatic hydroxyl groups excluding tert-OH is 2. The minimum atomic E-state index is -0.598. The van der Waals surface area contributed by atoms with Gasteiger partial charge in [-0.3, -0.25) is 0 Å². The number of anilines is 1. The van der Waals surface area contributed by atoms with Crippen molar-refractivity contribution in [3.8, 4) is 5.75 Å². The number of nitrogens with one attached hydrogen (secondary N) is 3. The SMILES string of the molecule is CC(C)(C)NCC(O)COc1ccc(NC(=O)NC2CCCC(O)C2)cc1. The standard InChI is InChI=1S/C20H33N3O4/c1-20(2,3)21-12-17(25)13-27-18-9-7-14(8-10-18)22-19(26)23-15-5-4-6-16(24)11-15/h7-10,15-17,21,24-25H,4-6,11-13H2,1-3H3,(H2,22,23,26). The number of urea groups is 1. The highest BCUT2D eigenvalue weighted by Gasteiger charge is 2.21. The highest BCUT2D eigenvalue weighted by molar-refractivity contribution is 5.89. The van der Waals surface area contributed by atoms with Gasteiger partial charge in [-0.05, 0) is 70.7 Å². The molecular weight excluding hydrogens is 346 g/mol. The molecule has 1 saturated carbocycles. The van der Waals surface area contributed by atoms with Crippen LogP contribution < -0.4 is 20.7 Å². The molecule has 0 radical (unpaired) electrons. The van der Waals surface area contributed by atoms with E-state index >= 15 is 0 Å². The first-order valence-electron chi connectivity index (χ1n) is 9.63. The van der Waals surface area contributed by atoms with Crippen molar-refractivity contribution in [2.45, 2.75) is 70.2 Å². The lowest BCUT2D eigenvalue weighted by Gasteiger charge is -2.26. The summed E-state index contributed by atoms with van der Waals surface area (Å²) in [4.78, 5) is 12.1. The highest BCUT2D eigenvalue weighted by Crippen LogP contribution is 2.19. The number of aliphatic hydroxyl groups is 2. The molecule has 0 saturated heterocycles. The Morgan fingerprint density at radius 2 is 1.96 bits per heavy atom. The maximum absolute atomic E-state index is 12.1. The lowest BCUT2D eigenvalue weighted by molar-refractivity contribution is 0.100. The van der Waals surface area contributed by atoms with Crippen LogP contribution in [0, 0.1) is 0 Å². The molecule has 1 aliphatic rings. The van der Waals surface area contributed by atoms with Gasteiger partial charge in [-0.1, -0.05) is 0 Å². The van der Waals surface area contributed by atoms with E-state index in [1.54, 1.807) is 24.3 Å². The number of amides is 2. The van der Waals surface area contributed by atoms with Crippen LogP contribution in [0.15, 0.2) is 24.3 Å². The molecule has 2 amide bonds. The van der Waals surface area contributed by atoms with Crippen LogP contribution in [0.25, 0.3) is 0 Å². The van der Waals surface area contributed by atoms with Crippen molar-refractivity contribution in [3.05, 3.63) is 24.3 Å². The molecule has 7 nitrogen and oxygen atoms in total. The molecule has 3 unspecified atom stereocenters. The smallest absolute Gasteiger partial charge is 0.319 e. The summed E-state index contributed by atoms with van der Waals surface area (Å²) in [5.41, 5.74) is 0.607. The van der Waals surface area contributed by atoms with Crippen LogP contribution in [0.1, 0.15) is 46.5 Å². The van der Waals surface area contributed by atoms with E-state index in [4.69, 9.17) is 4.74 Å². The number of hydrogen-bond acceptors (Lipinski definition) is 5. The van der Waals surface area contributed by atoms with E-state index in [1.807, 2.05) is 20.8 Å². The molecule has 0 aromatic heterocycles. The van der Waals surface area contributed by atoms with Gasteiger partial charge in [0.15, 0.2) is 0 Å². The van der Waals surface area contributed by atoms with E-state index in [2.05, 4.69) is 16.0 Å². The molecular formula is C20H33N3O4. The third-order valence-corrected chi connectivity index (χ3v) is 4.40. The fraction of sp³-hybridized carbons (Fsp3) is 0.650. The summed E-state index contributed by atoms with van der Waals surface area (Å²) in [5, 5.41) is 28.5. The van der Waals surface area contributed by atoms with E-state index in [0.29, 0.717) is 24.4 Å². The summed E-state index contributed by atoms with van der Waals surface area (Å²) in [5.74, 6) is 0.631. The van der Waals surface area contributed by atoms with Crippen LogP contribution in [-0.4, -0.2) is 53.2 Å². The van der Waals surface area contributed by atoms with E-state index in [9.17, 15) is 15.0 Å². The molecule has 27 heavy (non-hydrogen) atoms. The largest absolute Gasteiger partial charge is 0.491 e. The number of ether oxygens (including phenoxy) is 1. The Morgan fingerprint density at radius 1 is 1.26 bits per heavy atom. The third-order valence-electron chi connectivity index (χ3n) is 4.40. The second kappa shape index (κ2) is 9.92. The number of hydrogen-bond donors (Lipinski definition) is 5. The monoisotopic (exact) mass is 379 g/mol. The van der Waals surface area contributed by atoms with Crippen LogP contribution in [0.4, 0.5) is 10.5 Å². The highest BCUT2D eigenvalue weighted by atomic mass is 16.5. The molecule has 1 aromatic carbocycles. The summed E-state index contributed by atoms with van der Waals surface area (Å²) < 4.78 is 5.58. The topological polar surface area (TPSA) is 103 Å². The Morgan fingerprint density at radius 3 is 2.59 bits per heavy atom. The average Bonchev–Trinajstić information content (AvgIpc) is 2.58. The first-order valence-corrected chi connectivity index (χ1v) is 9.63. The summed E-state index contributed by atoms with van der Waals surface area (Å²) in [7, 11) is 0. The third kappa shape index (κ3) is 8.60. The average molecular weight is 380 g/mol. The Hall–Kier alpha value is -1.83. The minimum absolute atomic E-state index is 0.0135. The zero-order chi connectivity index (χ0) is 19.9. The molecule has 1 fully saturated rings. The van der Waals surface area contributed by atoms with Gasteiger partial charge in [0, 0.05) is 23.8 Å². The minimum Gasteiger partial charge on any atom is -0.491 e. The van der Waals surface area contributed by atoms with Crippen molar-refractivity contribution in [2.24, 2.45) is 0 Å².